The summed E-state index contributed by atoms with van der Waals surface area (Å²) in [5.41, 5.74) is 1.60. The molecule has 1 amide bonds. The Kier molecular flexibility index (Phi) is 2.90. The highest BCUT2D eigenvalue weighted by Crippen LogP contribution is 2.06. The monoisotopic (exact) mass is 217 g/mol. The van der Waals surface area contributed by atoms with Gasteiger partial charge in [-0.25, -0.2) is 4.98 Å². The van der Waals surface area contributed by atoms with Crippen LogP contribution in [0.25, 0.3) is 5.52 Å². The van der Waals surface area contributed by atoms with Gasteiger partial charge in [0.15, 0.2) is 0 Å². The zero-order valence-corrected chi connectivity index (χ0v) is 9.47. The topological polar surface area (TPSA) is 46.4 Å². The molecule has 0 aliphatic carbocycles. The van der Waals surface area contributed by atoms with Crippen LogP contribution in [0.5, 0.6) is 0 Å². The van der Waals surface area contributed by atoms with Crippen molar-refractivity contribution in [2.75, 3.05) is 6.54 Å². The van der Waals surface area contributed by atoms with Gasteiger partial charge in [-0.15, -0.1) is 0 Å². The van der Waals surface area contributed by atoms with Crippen molar-refractivity contribution in [3.8, 4) is 0 Å². The molecule has 1 N–H and O–H groups in total. The number of nitrogens with zero attached hydrogens (tertiary/aromatic N) is 2. The molecule has 4 nitrogen and oxygen atoms in total. The minimum Gasteiger partial charge on any atom is -0.352 e. The first-order chi connectivity index (χ1) is 7.66. The maximum Gasteiger partial charge on any atom is 0.251 e. The summed E-state index contributed by atoms with van der Waals surface area (Å²) in [5, 5.41) is 2.89. The van der Waals surface area contributed by atoms with Crippen LogP contribution in [0, 0.1) is 5.92 Å². The lowest BCUT2D eigenvalue weighted by Gasteiger charge is -2.07. The summed E-state index contributed by atoms with van der Waals surface area (Å²) in [4.78, 5) is 15.8. The van der Waals surface area contributed by atoms with Crippen LogP contribution in [-0.2, 0) is 0 Å². The Balaban J connectivity index is 2.16. The van der Waals surface area contributed by atoms with Crippen molar-refractivity contribution in [1.29, 1.82) is 0 Å². The third-order valence-corrected chi connectivity index (χ3v) is 2.35. The van der Waals surface area contributed by atoms with Crippen molar-refractivity contribution in [3.05, 3.63) is 36.4 Å². The second kappa shape index (κ2) is 4.35. The van der Waals surface area contributed by atoms with Gasteiger partial charge in [0.2, 0.25) is 0 Å². The summed E-state index contributed by atoms with van der Waals surface area (Å²) in [7, 11) is 0. The maximum atomic E-state index is 11.8. The molecule has 0 aliphatic rings. The number of carbonyl (C=O) groups is 1. The Morgan fingerprint density at radius 3 is 3.12 bits per heavy atom. The quantitative estimate of drug-likeness (QED) is 0.850. The Bertz CT molecular complexity index is 502. The third kappa shape index (κ3) is 2.21. The Labute approximate surface area is 94.3 Å². The van der Waals surface area contributed by atoms with E-state index >= 15 is 0 Å². The van der Waals surface area contributed by atoms with E-state index < -0.39 is 0 Å². The predicted octanol–water partition coefficient (Wildman–Crippen LogP) is 1.72. The van der Waals surface area contributed by atoms with E-state index in [4.69, 9.17) is 0 Å². The van der Waals surface area contributed by atoms with Crippen LogP contribution in [0.3, 0.4) is 0 Å². The first kappa shape index (κ1) is 10.7. The average molecular weight is 217 g/mol. The molecule has 2 aromatic rings. The summed E-state index contributed by atoms with van der Waals surface area (Å²) in [6.07, 6.45) is 5.29. The maximum absolute atomic E-state index is 11.8. The van der Waals surface area contributed by atoms with Gasteiger partial charge < -0.3 is 9.72 Å². The van der Waals surface area contributed by atoms with Gasteiger partial charge in [-0.1, -0.05) is 13.8 Å². The number of aromatic nitrogens is 2. The van der Waals surface area contributed by atoms with Crippen molar-refractivity contribution < 1.29 is 4.79 Å². The van der Waals surface area contributed by atoms with Crippen LogP contribution in [-0.4, -0.2) is 21.8 Å². The molecule has 0 radical (unpaired) electrons. The molecule has 2 rings (SSSR count). The molecular formula is C12H15N3O. The second-order valence-electron chi connectivity index (χ2n) is 4.25. The highest BCUT2D eigenvalue weighted by molar-refractivity contribution is 5.95. The van der Waals surface area contributed by atoms with Crippen molar-refractivity contribution >= 4 is 11.4 Å². The van der Waals surface area contributed by atoms with E-state index in [2.05, 4.69) is 24.1 Å². The first-order valence-corrected chi connectivity index (χ1v) is 5.37. The molecule has 0 bridgehead atoms. The number of amides is 1. The largest absolute Gasteiger partial charge is 0.352 e. The Hall–Kier alpha value is -1.84. The molecule has 0 atom stereocenters. The lowest BCUT2D eigenvalue weighted by molar-refractivity contribution is 0.0949. The van der Waals surface area contributed by atoms with Crippen molar-refractivity contribution in [3.63, 3.8) is 0 Å². The molecule has 0 fully saturated rings. The van der Waals surface area contributed by atoms with Crippen LogP contribution in [0.15, 0.2) is 30.9 Å². The van der Waals surface area contributed by atoms with Gasteiger partial charge in [-0.2, -0.15) is 0 Å². The summed E-state index contributed by atoms with van der Waals surface area (Å²) >= 11 is 0. The predicted molar refractivity (Wildman–Crippen MR) is 62.4 cm³/mol. The molecular weight excluding hydrogens is 202 g/mol. The summed E-state index contributed by atoms with van der Waals surface area (Å²) in [6.45, 7) is 4.84. The molecule has 4 heteroatoms. The number of rotatable bonds is 3. The van der Waals surface area contributed by atoms with Crippen LogP contribution in [0.1, 0.15) is 24.2 Å². The summed E-state index contributed by atoms with van der Waals surface area (Å²) in [6, 6.07) is 3.63. The van der Waals surface area contributed by atoms with E-state index in [1.54, 1.807) is 18.6 Å². The number of fused-ring (bicyclic) bond motifs is 1. The number of imidazole rings is 1. The zero-order chi connectivity index (χ0) is 11.5. The normalized spacial score (nSPS) is 10.9. The van der Waals surface area contributed by atoms with E-state index in [-0.39, 0.29) is 5.91 Å². The van der Waals surface area contributed by atoms with Crippen LogP contribution >= 0.6 is 0 Å². The van der Waals surface area contributed by atoms with E-state index in [0.717, 1.165) is 5.52 Å². The first-order valence-electron chi connectivity index (χ1n) is 5.37. The minimum absolute atomic E-state index is 0.0302. The van der Waals surface area contributed by atoms with E-state index in [1.807, 2.05) is 16.7 Å². The van der Waals surface area contributed by atoms with Gasteiger partial charge in [0.1, 0.15) is 0 Å². The molecule has 16 heavy (non-hydrogen) atoms. The van der Waals surface area contributed by atoms with Gasteiger partial charge in [0.05, 0.1) is 18.0 Å². The lowest BCUT2D eigenvalue weighted by atomic mass is 10.2. The molecule has 0 saturated carbocycles. The number of pyridine rings is 1. The summed E-state index contributed by atoms with van der Waals surface area (Å²) in [5.74, 6) is 0.431. The van der Waals surface area contributed by atoms with Crippen LogP contribution < -0.4 is 5.32 Å². The molecule has 0 aliphatic heterocycles. The van der Waals surface area contributed by atoms with E-state index in [1.165, 1.54) is 0 Å². The third-order valence-electron chi connectivity index (χ3n) is 2.35. The van der Waals surface area contributed by atoms with Crippen molar-refractivity contribution in [2.24, 2.45) is 5.92 Å². The average Bonchev–Trinajstić information content (AvgIpc) is 2.72. The van der Waals surface area contributed by atoms with Crippen LogP contribution in [0.4, 0.5) is 0 Å². The van der Waals surface area contributed by atoms with E-state index in [9.17, 15) is 4.79 Å². The molecule has 0 saturated heterocycles. The van der Waals surface area contributed by atoms with Gasteiger partial charge in [-0.3, -0.25) is 4.79 Å². The van der Waals surface area contributed by atoms with Gasteiger partial charge in [0, 0.05) is 18.3 Å². The van der Waals surface area contributed by atoms with Gasteiger partial charge in [-0.05, 0) is 18.1 Å². The molecule has 0 aromatic carbocycles. The molecule has 2 aromatic heterocycles. The van der Waals surface area contributed by atoms with Gasteiger partial charge in [0.25, 0.3) is 5.91 Å². The smallest absolute Gasteiger partial charge is 0.251 e. The number of carbonyl (C=O) groups excluding carboxylic acids is 1. The van der Waals surface area contributed by atoms with E-state index in [0.29, 0.717) is 18.0 Å². The SMILES string of the molecule is CC(C)CNC(=O)c1ccn2cncc2c1. The Morgan fingerprint density at radius 2 is 2.38 bits per heavy atom. The second-order valence-corrected chi connectivity index (χ2v) is 4.25. The zero-order valence-electron chi connectivity index (χ0n) is 9.47. The fraction of sp³-hybridized carbons (Fsp3) is 0.333. The van der Waals surface area contributed by atoms with Crippen molar-refractivity contribution in [1.82, 2.24) is 14.7 Å². The lowest BCUT2D eigenvalue weighted by Crippen LogP contribution is -2.27. The summed E-state index contributed by atoms with van der Waals surface area (Å²) < 4.78 is 1.87. The molecule has 0 spiro atoms. The van der Waals surface area contributed by atoms with Crippen LogP contribution in [0.2, 0.25) is 0 Å². The highest BCUT2D eigenvalue weighted by Gasteiger charge is 2.06. The number of nitrogens with one attached hydrogen (secondary N) is 1. The highest BCUT2D eigenvalue weighted by atomic mass is 16.1. The van der Waals surface area contributed by atoms with Crippen molar-refractivity contribution in [2.45, 2.75) is 13.8 Å². The molecule has 2 heterocycles. The van der Waals surface area contributed by atoms with Gasteiger partial charge >= 0.3 is 0 Å². The molecule has 0 unspecified atom stereocenters. The standard InChI is InChI=1S/C12H15N3O/c1-9(2)6-14-12(16)10-3-4-15-8-13-7-11(15)5-10/h3-5,7-9H,6H2,1-2H3,(H,14,16). The molecule has 84 valence electrons. The fourth-order valence-corrected chi connectivity index (χ4v) is 1.46. The minimum atomic E-state index is -0.0302. The number of hydrogen-bond acceptors (Lipinski definition) is 2. The Morgan fingerprint density at radius 1 is 1.56 bits per heavy atom. The fourth-order valence-electron chi connectivity index (χ4n) is 1.46. The number of hydrogen-bond donors (Lipinski definition) is 1.